The number of rotatable bonds is 6. The average Bonchev–Trinajstić information content (AvgIpc) is 3.13. The number of allylic oxidation sites excluding steroid dienone is 1. The summed E-state index contributed by atoms with van der Waals surface area (Å²) in [5.74, 6) is -0.421. The van der Waals surface area contributed by atoms with Crippen molar-refractivity contribution >= 4 is 32.6 Å². The molecule has 0 spiro atoms. The fourth-order valence-corrected chi connectivity index (χ4v) is 4.35. The molecule has 162 valence electrons. The van der Waals surface area contributed by atoms with Gasteiger partial charge in [0.25, 0.3) is 0 Å². The van der Waals surface area contributed by atoms with Gasteiger partial charge in [0.15, 0.2) is 9.84 Å². The second kappa shape index (κ2) is 7.71. The van der Waals surface area contributed by atoms with Crippen LogP contribution in [0.2, 0.25) is 0 Å². The molecule has 1 atom stereocenters. The van der Waals surface area contributed by atoms with E-state index in [4.69, 9.17) is 10.5 Å². The highest BCUT2D eigenvalue weighted by molar-refractivity contribution is 7.91. The Hall–Kier alpha value is -3.37. The van der Waals surface area contributed by atoms with Crippen LogP contribution in [0.15, 0.2) is 58.2 Å². The number of aryl methyl sites for hydroxylation is 1. The van der Waals surface area contributed by atoms with E-state index in [1.54, 1.807) is 25.3 Å². The molecule has 5 N–H and O–H groups in total. The van der Waals surface area contributed by atoms with E-state index in [9.17, 15) is 8.42 Å². The maximum atomic E-state index is 12.4. The monoisotopic (exact) mass is 440 g/mol. The van der Waals surface area contributed by atoms with E-state index in [0.29, 0.717) is 17.1 Å². The molecule has 4 rings (SSSR count). The second-order valence-corrected chi connectivity index (χ2v) is 9.50. The summed E-state index contributed by atoms with van der Waals surface area (Å²) in [7, 11) is -1.92. The predicted molar refractivity (Wildman–Crippen MR) is 121 cm³/mol. The first-order valence-corrected chi connectivity index (χ1v) is 11.4. The molecule has 0 saturated carbocycles. The van der Waals surface area contributed by atoms with E-state index in [1.807, 2.05) is 25.1 Å². The molecule has 0 aliphatic carbocycles. The first-order valence-electron chi connectivity index (χ1n) is 9.71. The van der Waals surface area contributed by atoms with Gasteiger partial charge in [0.1, 0.15) is 11.6 Å². The number of aromatic nitrogens is 2. The van der Waals surface area contributed by atoms with Crippen LogP contribution in [-0.2, 0) is 15.6 Å². The number of sulfone groups is 1. The van der Waals surface area contributed by atoms with Crippen LogP contribution >= 0.6 is 0 Å². The molecule has 0 bridgehead atoms. The van der Waals surface area contributed by atoms with Gasteiger partial charge >= 0.3 is 0 Å². The van der Waals surface area contributed by atoms with Crippen molar-refractivity contribution in [1.29, 1.82) is 0 Å². The summed E-state index contributed by atoms with van der Waals surface area (Å²) in [5.41, 5.74) is 9.62. The SMILES string of the molecule is CCS(=O)(=O)c1ccc(OC)c(C2(N)N=CC=C(Nc3ccc4c(C)[nH]nc4c3)N2)c1. The van der Waals surface area contributed by atoms with Gasteiger partial charge in [0, 0.05) is 23.0 Å². The third-order valence-corrected chi connectivity index (χ3v) is 6.92. The highest BCUT2D eigenvalue weighted by Crippen LogP contribution is 2.32. The number of aromatic amines is 1. The quantitative estimate of drug-likeness (QED) is 0.462. The number of methoxy groups -OCH3 is 1. The molecule has 3 aromatic rings. The topological polar surface area (TPSA) is 134 Å². The Kier molecular flexibility index (Phi) is 5.19. The molecular formula is C21H24N6O3S. The standard InChI is InChI=1S/C21H24N6O3S/c1-4-31(28,29)15-6-8-19(30-3)17(12-15)21(22)23-10-9-20(25-21)24-14-5-7-16-13(2)26-27-18(16)11-14/h5-12,24-25H,4,22H2,1-3H3,(H,26,27). The third-order valence-electron chi connectivity index (χ3n) is 5.19. The van der Waals surface area contributed by atoms with Gasteiger partial charge in [-0.1, -0.05) is 6.92 Å². The molecule has 1 aromatic heterocycles. The van der Waals surface area contributed by atoms with Gasteiger partial charge in [-0.3, -0.25) is 10.8 Å². The van der Waals surface area contributed by atoms with Gasteiger partial charge in [-0.05, 0) is 49.4 Å². The minimum Gasteiger partial charge on any atom is -0.496 e. The molecule has 31 heavy (non-hydrogen) atoms. The van der Waals surface area contributed by atoms with Gasteiger partial charge in [-0.25, -0.2) is 13.4 Å². The number of H-pyrrole nitrogens is 1. The lowest BCUT2D eigenvalue weighted by atomic mass is 10.1. The molecule has 0 fully saturated rings. The lowest BCUT2D eigenvalue weighted by Crippen LogP contribution is -2.51. The molecule has 0 amide bonds. The summed E-state index contributed by atoms with van der Waals surface area (Å²) in [6.45, 7) is 3.56. The Morgan fingerprint density at radius 1 is 1.23 bits per heavy atom. The van der Waals surface area contributed by atoms with E-state index in [-0.39, 0.29) is 10.6 Å². The summed E-state index contributed by atoms with van der Waals surface area (Å²) in [5, 5.41) is 14.7. The molecule has 2 heterocycles. The number of ether oxygens (including phenoxy) is 1. The normalized spacial score (nSPS) is 18.5. The molecule has 2 aromatic carbocycles. The van der Waals surface area contributed by atoms with E-state index in [0.717, 1.165) is 22.3 Å². The Morgan fingerprint density at radius 3 is 2.77 bits per heavy atom. The first kappa shape index (κ1) is 20.9. The van der Waals surface area contributed by atoms with E-state index in [2.05, 4.69) is 25.8 Å². The number of aliphatic imine (C=N–C) groups is 1. The molecule has 0 saturated heterocycles. The molecule has 9 nitrogen and oxygen atoms in total. The second-order valence-electron chi connectivity index (χ2n) is 7.22. The number of nitrogens with zero attached hydrogens (tertiary/aromatic N) is 2. The minimum atomic E-state index is -3.42. The van der Waals surface area contributed by atoms with Crippen LogP contribution in [-0.4, -0.2) is 37.7 Å². The van der Waals surface area contributed by atoms with Crippen LogP contribution in [0.4, 0.5) is 5.69 Å². The van der Waals surface area contributed by atoms with E-state index in [1.165, 1.54) is 19.2 Å². The summed E-state index contributed by atoms with van der Waals surface area (Å²) in [4.78, 5) is 4.53. The van der Waals surface area contributed by atoms with Crippen molar-refractivity contribution in [3.63, 3.8) is 0 Å². The van der Waals surface area contributed by atoms with Crippen molar-refractivity contribution in [3.8, 4) is 5.75 Å². The highest BCUT2D eigenvalue weighted by Gasteiger charge is 2.33. The summed E-state index contributed by atoms with van der Waals surface area (Å²) < 4.78 is 30.2. The van der Waals surface area contributed by atoms with Crippen LogP contribution in [0, 0.1) is 6.92 Å². The maximum Gasteiger partial charge on any atom is 0.213 e. The van der Waals surface area contributed by atoms with Crippen molar-refractivity contribution in [2.24, 2.45) is 10.7 Å². The largest absolute Gasteiger partial charge is 0.496 e. The summed E-state index contributed by atoms with van der Waals surface area (Å²) >= 11 is 0. The smallest absolute Gasteiger partial charge is 0.213 e. The van der Waals surface area contributed by atoms with Crippen LogP contribution in [0.1, 0.15) is 18.2 Å². The molecular weight excluding hydrogens is 416 g/mol. The van der Waals surface area contributed by atoms with Crippen LogP contribution in [0.3, 0.4) is 0 Å². The zero-order valence-electron chi connectivity index (χ0n) is 17.4. The number of benzene rings is 2. The van der Waals surface area contributed by atoms with Gasteiger partial charge in [-0.2, -0.15) is 5.10 Å². The van der Waals surface area contributed by atoms with Crippen LogP contribution in [0.5, 0.6) is 5.75 Å². The molecule has 10 heteroatoms. The van der Waals surface area contributed by atoms with Gasteiger partial charge in [0.2, 0.25) is 5.79 Å². The highest BCUT2D eigenvalue weighted by atomic mass is 32.2. The number of nitrogens with one attached hydrogen (secondary N) is 3. The molecule has 1 aliphatic rings. The number of fused-ring (bicyclic) bond motifs is 1. The molecule has 1 aliphatic heterocycles. The molecule has 0 radical (unpaired) electrons. The van der Waals surface area contributed by atoms with E-state index >= 15 is 0 Å². The average molecular weight is 441 g/mol. The minimum absolute atomic E-state index is 0.0190. The van der Waals surface area contributed by atoms with Crippen molar-refractivity contribution in [3.05, 3.63) is 59.6 Å². The van der Waals surface area contributed by atoms with Crippen molar-refractivity contribution < 1.29 is 13.2 Å². The van der Waals surface area contributed by atoms with Gasteiger partial charge < -0.3 is 15.4 Å². The Bertz CT molecular complexity index is 1310. The van der Waals surface area contributed by atoms with Gasteiger partial charge in [-0.15, -0.1) is 0 Å². The Labute approximate surface area is 180 Å². The zero-order chi connectivity index (χ0) is 22.2. The van der Waals surface area contributed by atoms with Crippen molar-refractivity contribution in [2.45, 2.75) is 24.5 Å². The summed E-state index contributed by atoms with van der Waals surface area (Å²) in [6.07, 6.45) is 3.31. The first-order chi connectivity index (χ1) is 14.8. The maximum absolute atomic E-state index is 12.4. The van der Waals surface area contributed by atoms with Crippen LogP contribution < -0.4 is 21.1 Å². The Morgan fingerprint density at radius 2 is 2.03 bits per heavy atom. The fraction of sp³-hybridized carbons (Fsp3) is 0.238. The predicted octanol–water partition coefficient (Wildman–Crippen LogP) is 2.37. The fourth-order valence-electron chi connectivity index (χ4n) is 3.44. The number of hydrogen-bond acceptors (Lipinski definition) is 8. The lowest BCUT2D eigenvalue weighted by molar-refractivity contribution is 0.354. The number of nitrogens with two attached hydrogens (primary N) is 1. The third kappa shape index (κ3) is 3.87. The van der Waals surface area contributed by atoms with Gasteiger partial charge in [0.05, 0.1) is 28.8 Å². The van der Waals surface area contributed by atoms with Crippen LogP contribution in [0.25, 0.3) is 10.9 Å². The Balaban J connectivity index is 1.65. The summed E-state index contributed by atoms with van der Waals surface area (Å²) in [6, 6.07) is 10.4. The lowest BCUT2D eigenvalue weighted by Gasteiger charge is -2.33. The number of anilines is 1. The van der Waals surface area contributed by atoms with Crippen molar-refractivity contribution in [1.82, 2.24) is 15.5 Å². The molecule has 1 unspecified atom stereocenters. The number of hydrogen-bond donors (Lipinski definition) is 4. The zero-order valence-corrected chi connectivity index (χ0v) is 18.2. The van der Waals surface area contributed by atoms with E-state index < -0.39 is 15.6 Å². The van der Waals surface area contributed by atoms with Crippen molar-refractivity contribution in [2.75, 3.05) is 18.2 Å².